The van der Waals surface area contributed by atoms with Crippen molar-refractivity contribution in [3.8, 4) is 0 Å². The SMILES string of the molecule is [CH2-]c1cn2c(=O)c(C(=O)OCC)cnc2s1.[Y]. The van der Waals surface area contributed by atoms with Crippen LogP contribution in [0.2, 0.25) is 0 Å². The van der Waals surface area contributed by atoms with Crippen LogP contribution in [0.3, 0.4) is 0 Å². The molecule has 0 aromatic carbocycles. The minimum absolute atomic E-state index is 0. The summed E-state index contributed by atoms with van der Waals surface area (Å²) in [5.74, 6) is -0.647. The van der Waals surface area contributed by atoms with Crippen LogP contribution in [0.5, 0.6) is 0 Å². The topological polar surface area (TPSA) is 60.7 Å². The van der Waals surface area contributed by atoms with Crippen LogP contribution >= 0.6 is 11.3 Å². The van der Waals surface area contributed by atoms with Crippen LogP contribution in [0.4, 0.5) is 0 Å². The standard InChI is InChI=1S/C10H9N2O3S.Y/c1-3-15-9(14)7-4-11-10-12(8(7)13)5-6(2)16-10;/h4-5H,2-3H2,1H3;/q-1;. The van der Waals surface area contributed by atoms with Crippen molar-refractivity contribution in [1.82, 2.24) is 9.38 Å². The number of esters is 1. The Labute approximate surface area is 127 Å². The van der Waals surface area contributed by atoms with E-state index < -0.39 is 11.5 Å². The average Bonchev–Trinajstić information content (AvgIpc) is 2.60. The fraction of sp³-hybridized carbons (Fsp3) is 0.200. The molecule has 1 radical (unpaired) electrons. The third kappa shape index (κ3) is 2.76. The zero-order chi connectivity index (χ0) is 11.7. The van der Waals surface area contributed by atoms with E-state index in [9.17, 15) is 9.59 Å². The van der Waals surface area contributed by atoms with E-state index in [1.807, 2.05) is 0 Å². The Kier molecular flexibility index (Phi) is 4.85. The molecule has 0 atom stereocenters. The van der Waals surface area contributed by atoms with Crippen molar-refractivity contribution in [2.24, 2.45) is 0 Å². The van der Waals surface area contributed by atoms with Crippen molar-refractivity contribution < 1.29 is 42.2 Å². The van der Waals surface area contributed by atoms with E-state index >= 15 is 0 Å². The van der Waals surface area contributed by atoms with Gasteiger partial charge in [-0.2, -0.15) is 0 Å². The molecule has 2 aromatic heterocycles. The number of thiazole rings is 1. The zero-order valence-electron chi connectivity index (χ0n) is 9.17. The Morgan fingerprint density at radius 2 is 2.35 bits per heavy atom. The smallest absolute Gasteiger partial charge is 0.345 e. The van der Waals surface area contributed by atoms with Crippen LogP contribution in [0.15, 0.2) is 17.2 Å². The van der Waals surface area contributed by atoms with Crippen LogP contribution in [0, 0.1) is 6.92 Å². The fourth-order valence-corrected chi connectivity index (χ4v) is 2.01. The van der Waals surface area contributed by atoms with E-state index in [0.717, 1.165) is 0 Å². The quantitative estimate of drug-likeness (QED) is 0.613. The van der Waals surface area contributed by atoms with Gasteiger partial charge in [-0.05, 0) is 6.92 Å². The summed E-state index contributed by atoms with van der Waals surface area (Å²) in [6.07, 6.45) is 2.80. The molecule has 0 unspecified atom stereocenters. The van der Waals surface area contributed by atoms with Crippen LogP contribution in [-0.2, 0) is 37.4 Å². The second-order valence-corrected chi connectivity index (χ2v) is 4.14. The van der Waals surface area contributed by atoms with Crippen molar-refractivity contribution in [3.05, 3.63) is 40.1 Å². The second kappa shape index (κ2) is 5.75. The number of hydrogen-bond donors (Lipinski definition) is 0. The predicted octanol–water partition coefficient (Wildman–Crippen LogP) is 1.11. The number of nitrogens with zero attached hydrogens (tertiary/aromatic N) is 2. The van der Waals surface area contributed by atoms with E-state index in [2.05, 4.69) is 11.9 Å². The summed E-state index contributed by atoms with van der Waals surface area (Å²) in [6.45, 7) is 5.62. The van der Waals surface area contributed by atoms with Gasteiger partial charge in [-0.1, -0.05) is 0 Å². The summed E-state index contributed by atoms with van der Waals surface area (Å²) >= 11 is 1.29. The van der Waals surface area contributed by atoms with Crippen LogP contribution in [-0.4, -0.2) is 22.0 Å². The average molecular weight is 326 g/mol. The van der Waals surface area contributed by atoms with Gasteiger partial charge in [0, 0.05) is 32.7 Å². The molecule has 87 valence electrons. The molecule has 0 N–H and O–H groups in total. The largest absolute Gasteiger partial charge is 0.462 e. The third-order valence-electron chi connectivity index (χ3n) is 1.95. The van der Waals surface area contributed by atoms with Gasteiger partial charge in [0.05, 0.1) is 12.8 Å². The van der Waals surface area contributed by atoms with Crippen molar-refractivity contribution in [2.75, 3.05) is 6.61 Å². The molecule has 0 bridgehead atoms. The number of rotatable bonds is 2. The van der Waals surface area contributed by atoms with Gasteiger partial charge >= 0.3 is 5.97 Å². The van der Waals surface area contributed by atoms with Crippen LogP contribution in [0.1, 0.15) is 22.2 Å². The molecule has 0 spiro atoms. The number of fused-ring (bicyclic) bond motifs is 1. The van der Waals surface area contributed by atoms with Gasteiger partial charge < -0.3 is 9.14 Å². The Bertz CT molecular complexity index is 605. The van der Waals surface area contributed by atoms with Gasteiger partial charge in [0.2, 0.25) is 0 Å². The molecule has 0 aliphatic heterocycles. The second-order valence-electron chi connectivity index (χ2n) is 3.05. The Morgan fingerprint density at radius 1 is 1.65 bits per heavy atom. The maximum absolute atomic E-state index is 11.9. The number of aromatic nitrogens is 2. The molecule has 17 heavy (non-hydrogen) atoms. The third-order valence-corrected chi connectivity index (χ3v) is 2.80. The maximum Gasteiger partial charge on any atom is 0.345 e. The molecule has 2 rings (SSSR count). The molecule has 7 heteroatoms. The van der Waals surface area contributed by atoms with Crippen LogP contribution in [0.25, 0.3) is 4.96 Å². The summed E-state index contributed by atoms with van der Waals surface area (Å²) in [7, 11) is 0. The summed E-state index contributed by atoms with van der Waals surface area (Å²) in [6, 6.07) is 0. The van der Waals surface area contributed by atoms with E-state index in [0.29, 0.717) is 9.84 Å². The first-order valence-electron chi connectivity index (χ1n) is 4.63. The molecule has 0 saturated carbocycles. The molecule has 0 aliphatic carbocycles. The summed E-state index contributed by atoms with van der Waals surface area (Å²) in [5.41, 5.74) is -0.480. The van der Waals surface area contributed by atoms with Crippen molar-refractivity contribution in [1.29, 1.82) is 0 Å². The first-order chi connectivity index (χ1) is 7.63. The Morgan fingerprint density at radius 3 is 3.00 bits per heavy atom. The number of carbonyl (C=O) groups excluding carboxylic acids is 1. The number of hydrogen-bond acceptors (Lipinski definition) is 5. The van der Waals surface area contributed by atoms with E-state index in [-0.39, 0.29) is 44.9 Å². The minimum Gasteiger partial charge on any atom is -0.462 e. The summed E-state index contributed by atoms with van der Waals surface area (Å²) < 4.78 is 6.06. The normalized spacial score (nSPS) is 9.94. The van der Waals surface area contributed by atoms with Crippen molar-refractivity contribution in [3.63, 3.8) is 0 Å². The Hall–Kier alpha value is -0.716. The molecular formula is C10H9N2O3SY-. The molecule has 2 heterocycles. The zero-order valence-corrected chi connectivity index (χ0v) is 12.8. The first-order valence-corrected chi connectivity index (χ1v) is 5.45. The van der Waals surface area contributed by atoms with Gasteiger partial charge in [-0.3, -0.25) is 4.79 Å². The minimum atomic E-state index is -0.647. The van der Waals surface area contributed by atoms with Gasteiger partial charge in [-0.15, -0.1) is 22.4 Å². The molecule has 0 aliphatic rings. The van der Waals surface area contributed by atoms with Gasteiger partial charge in [-0.25, -0.2) is 16.7 Å². The van der Waals surface area contributed by atoms with Gasteiger partial charge in [0.25, 0.3) is 5.56 Å². The predicted molar refractivity (Wildman–Crippen MR) is 59.8 cm³/mol. The molecular weight excluding hydrogens is 317 g/mol. The monoisotopic (exact) mass is 326 g/mol. The van der Waals surface area contributed by atoms with E-state index in [4.69, 9.17) is 4.74 Å². The van der Waals surface area contributed by atoms with E-state index in [1.54, 1.807) is 13.1 Å². The van der Waals surface area contributed by atoms with E-state index in [1.165, 1.54) is 21.9 Å². The molecule has 5 nitrogen and oxygen atoms in total. The summed E-state index contributed by atoms with van der Waals surface area (Å²) in [4.78, 5) is 28.5. The molecule has 0 amide bonds. The molecule has 2 aromatic rings. The first kappa shape index (κ1) is 14.3. The molecule has 0 saturated heterocycles. The van der Waals surface area contributed by atoms with Gasteiger partial charge in [0.15, 0.2) is 4.96 Å². The summed E-state index contributed by atoms with van der Waals surface area (Å²) in [5, 5.41) is 0. The van der Waals surface area contributed by atoms with Crippen LogP contribution < -0.4 is 5.56 Å². The molecule has 0 fully saturated rings. The number of ether oxygens (including phenoxy) is 1. The Balaban J connectivity index is 0.00000144. The van der Waals surface area contributed by atoms with Gasteiger partial charge in [0.1, 0.15) is 5.56 Å². The van der Waals surface area contributed by atoms with Crippen molar-refractivity contribution in [2.45, 2.75) is 6.92 Å². The van der Waals surface area contributed by atoms with Crippen molar-refractivity contribution >= 4 is 22.3 Å². The fourth-order valence-electron chi connectivity index (χ4n) is 1.28. The number of carbonyl (C=O) groups is 1. The maximum atomic E-state index is 11.9.